The van der Waals surface area contributed by atoms with Crippen LogP contribution in [0.1, 0.15) is 43.7 Å². The lowest BCUT2D eigenvalue weighted by molar-refractivity contribution is -0.131. The fourth-order valence-corrected chi connectivity index (χ4v) is 3.56. The maximum Gasteiger partial charge on any atom is 0.338 e. The van der Waals surface area contributed by atoms with Crippen LogP contribution in [-0.2, 0) is 9.53 Å². The van der Waals surface area contributed by atoms with Crippen LogP contribution < -0.4 is 15.6 Å². The summed E-state index contributed by atoms with van der Waals surface area (Å²) in [6.45, 7) is 8.58. The molecule has 0 saturated heterocycles. The monoisotopic (exact) mass is 486 g/mol. The van der Waals surface area contributed by atoms with Crippen molar-refractivity contribution in [3.05, 3.63) is 82.3 Å². The summed E-state index contributed by atoms with van der Waals surface area (Å²) in [4.78, 5) is 45.5. The van der Waals surface area contributed by atoms with Crippen LogP contribution in [0.2, 0.25) is 0 Å². The van der Waals surface area contributed by atoms with Crippen LogP contribution in [-0.4, -0.2) is 32.1 Å². The maximum absolute atomic E-state index is 12.9. The minimum atomic E-state index is -0.610. The molecule has 0 bridgehead atoms. The van der Waals surface area contributed by atoms with Gasteiger partial charge in [0.1, 0.15) is 11.4 Å². The Bertz CT molecular complexity index is 1500. The molecule has 0 fully saturated rings. The fourth-order valence-electron chi connectivity index (χ4n) is 3.56. The lowest BCUT2D eigenvalue weighted by Crippen LogP contribution is -2.24. The minimum absolute atomic E-state index is 0.276. The SMILES string of the molecule is CC(=O)Oc1ccc(Nc2nc(C)c3ccc(=O)n(-c4ccc(C(=O)OC(C)(C)C)cc4)c3n2)cc1. The van der Waals surface area contributed by atoms with Crippen LogP contribution >= 0.6 is 0 Å². The molecule has 36 heavy (non-hydrogen) atoms. The van der Waals surface area contributed by atoms with Gasteiger partial charge >= 0.3 is 11.9 Å². The Hall–Kier alpha value is -4.53. The zero-order chi connectivity index (χ0) is 26.0. The first-order valence-corrected chi connectivity index (χ1v) is 11.3. The van der Waals surface area contributed by atoms with E-state index in [4.69, 9.17) is 9.47 Å². The fraction of sp³-hybridized carbons (Fsp3) is 0.222. The average Bonchev–Trinajstić information content (AvgIpc) is 2.79. The first kappa shape index (κ1) is 24.6. The van der Waals surface area contributed by atoms with Crippen molar-refractivity contribution < 1.29 is 19.1 Å². The molecule has 4 aromatic rings. The molecule has 0 unspecified atom stereocenters. The zero-order valence-corrected chi connectivity index (χ0v) is 20.7. The lowest BCUT2D eigenvalue weighted by Gasteiger charge is -2.19. The molecule has 0 saturated carbocycles. The quantitative estimate of drug-likeness (QED) is 0.319. The van der Waals surface area contributed by atoms with E-state index in [2.05, 4.69) is 15.3 Å². The highest BCUT2D eigenvalue weighted by Crippen LogP contribution is 2.23. The van der Waals surface area contributed by atoms with Gasteiger partial charge in [-0.05, 0) is 82.3 Å². The molecule has 1 N–H and O–H groups in total. The zero-order valence-electron chi connectivity index (χ0n) is 20.7. The highest BCUT2D eigenvalue weighted by atomic mass is 16.6. The number of nitrogens with zero attached hydrogens (tertiary/aromatic N) is 3. The predicted molar refractivity (Wildman–Crippen MR) is 136 cm³/mol. The molecule has 0 radical (unpaired) electrons. The van der Waals surface area contributed by atoms with E-state index in [-0.39, 0.29) is 5.56 Å². The number of aryl methyl sites for hydroxylation is 1. The third kappa shape index (κ3) is 5.57. The van der Waals surface area contributed by atoms with E-state index in [1.807, 2.05) is 6.92 Å². The maximum atomic E-state index is 12.9. The van der Waals surface area contributed by atoms with Gasteiger partial charge in [-0.1, -0.05) is 0 Å². The van der Waals surface area contributed by atoms with Gasteiger partial charge in [-0.25, -0.2) is 9.78 Å². The Balaban J connectivity index is 1.70. The standard InChI is InChI=1S/C27H26N4O5/c1-16-22-14-15-23(33)31(20-10-6-18(7-11-20)25(34)36-27(3,4)5)24(22)30-26(28-16)29-19-8-12-21(13-9-19)35-17(2)32/h6-15H,1-5H3,(H,28,29,30). The van der Waals surface area contributed by atoms with Gasteiger partial charge in [0, 0.05) is 24.1 Å². The summed E-state index contributed by atoms with van der Waals surface area (Å²) >= 11 is 0. The number of carbonyl (C=O) groups excluding carboxylic acids is 2. The number of fused-ring (bicyclic) bond motifs is 1. The molecule has 4 rings (SSSR count). The van der Waals surface area contributed by atoms with Gasteiger partial charge in [0.05, 0.1) is 16.9 Å². The Kier molecular flexibility index (Phi) is 6.57. The van der Waals surface area contributed by atoms with E-state index in [9.17, 15) is 14.4 Å². The molecule has 2 heterocycles. The molecule has 0 aliphatic heterocycles. The molecule has 2 aromatic carbocycles. The number of aromatic nitrogens is 3. The van der Waals surface area contributed by atoms with Crippen molar-refractivity contribution in [2.75, 3.05) is 5.32 Å². The molecule has 184 valence electrons. The van der Waals surface area contributed by atoms with Gasteiger partial charge in [0.15, 0.2) is 5.65 Å². The van der Waals surface area contributed by atoms with Crippen molar-refractivity contribution in [3.63, 3.8) is 0 Å². The number of benzene rings is 2. The van der Waals surface area contributed by atoms with Crippen LogP contribution in [0.15, 0.2) is 65.5 Å². The third-order valence-electron chi connectivity index (χ3n) is 5.07. The second kappa shape index (κ2) is 9.61. The smallest absolute Gasteiger partial charge is 0.338 e. The first-order valence-electron chi connectivity index (χ1n) is 11.3. The summed E-state index contributed by atoms with van der Waals surface area (Å²) < 4.78 is 11.9. The van der Waals surface area contributed by atoms with Crippen molar-refractivity contribution in [3.8, 4) is 11.4 Å². The van der Waals surface area contributed by atoms with Crippen LogP contribution in [0.5, 0.6) is 5.75 Å². The molecule has 2 aromatic heterocycles. The molecule has 0 spiro atoms. The average molecular weight is 487 g/mol. The van der Waals surface area contributed by atoms with Crippen LogP contribution in [0, 0.1) is 6.92 Å². The summed E-state index contributed by atoms with van der Waals surface area (Å²) in [6.07, 6.45) is 0. The Morgan fingerprint density at radius 1 is 0.917 bits per heavy atom. The Labute approximate surface area is 207 Å². The van der Waals surface area contributed by atoms with Gasteiger partial charge in [-0.3, -0.25) is 14.2 Å². The number of hydrogen-bond acceptors (Lipinski definition) is 8. The number of esters is 2. The Morgan fingerprint density at radius 3 is 2.19 bits per heavy atom. The molecule has 0 amide bonds. The van der Waals surface area contributed by atoms with Crippen molar-refractivity contribution >= 4 is 34.6 Å². The van der Waals surface area contributed by atoms with Gasteiger partial charge < -0.3 is 14.8 Å². The van der Waals surface area contributed by atoms with Gasteiger partial charge in [-0.2, -0.15) is 4.98 Å². The number of ether oxygens (including phenoxy) is 2. The summed E-state index contributed by atoms with van der Waals surface area (Å²) in [5.41, 5.74) is 1.82. The van der Waals surface area contributed by atoms with Crippen molar-refractivity contribution in [1.82, 2.24) is 14.5 Å². The first-order chi connectivity index (χ1) is 17.0. The largest absolute Gasteiger partial charge is 0.456 e. The number of carbonyl (C=O) groups is 2. The topological polar surface area (TPSA) is 112 Å². The number of anilines is 2. The van der Waals surface area contributed by atoms with E-state index in [1.54, 1.807) is 75.4 Å². The predicted octanol–water partition coefficient (Wildman–Crippen LogP) is 4.71. The van der Waals surface area contributed by atoms with Crippen LogP contribution in [0.25, 0.3) is 16.7 Å². The number of hydrogen-bond donors (Lipinski definition) is 1. The van der Waals surface area contributed by atoms with Crippen molar-refractivity contribution in [2.24, 2.45) is 0 Å². The van der Waals surface area contributed by atoms with E-state index < -0.39 is 17.5 Å². The van der Waals surface area contributed by atoms with Crippen LogP contribution in [0.4, 0.5) is 11.6 Å². The van der Waals surface area contributed by atoms with Gasteiger partial charge in [0.25, 0.3) is 5.56 Å². The number of nitrogens with one attached hydrogen (secondary N) is 1. The Morgan fingerprint density at radius 2 is 1.58 bits per heavy atom. The molecule has 0 aliphatic carbocycles. The summed E-state index contributed by atoms with van der Waals surface area (Å²) in [5, 5.41) is 3.83. The third-order valence-corrected chi connectivity index (χ3v) is 5.07. The second-order valence-electron chi connectivity index (χ2n) is 9.17. The van der Waals surface area contributed by atoms with Crippen LogP contribution in [0.3, 0.4) is 0 Å². The van der Waals surface area contributed by atoms with Gasteiger partial charge in [0.2, 0.25) is 5.95 Å². The molecular formula is C27H26N4O5. The molecule has 9 nitrogen and oxygen atoms in total. The van der Waals surface area contributed by atoms with E-state index in [0.29, 0.717) is 45.4 Å². The van der Waals surface area contributed by atoms with Gasteiger partial charge in [-0.15, -0.1) is 0 Å². The summed E-state index contributed by atoms with van der Waals surface area (Å²) in [7, 11) is 0. The second-order valence-corrected chi connectivity index (χ2v) is 9.17. The van der Waals surface area contributed by atoms with E-state index >= 15 is 0 Å². The van der Waals surface area contributed by atoms with Crippen molar-refractivity contribution in [2.45, 2.75) is 40.2 Å². The number of pyridine rings is 1. The molecule has 9 heteroatoms. The van der Waals surface area contributed by atoms with E-state index in [0.717, 1.165) is 0 Å². The highest BCUT2D eigenvalue weighted by molar-refractivity contribution is 5.90. The molecular weight excluding hydrogens is 460 g/mol. The summed E-state index contributed by atoms with van der Waals surface area (Å²) in [5.74, 6) is -0.123. The summed E-state index contributed by atoms with van der Waals surface area (Å²) in [6, 6.07) is 16.5. The van der Waals surface area contributed by atoms with E-state index in [1.165, 1.54) is 17.6 Å². The van der Waals surface area contributed by atoms with Crippen molar-refractivity contribution in [1.29, 1.82) is 0 Å². The lowest BCUT2D eigenvalue weighted by atomic mass is 10.1. The normalized spacial score (nSPS) is 11.2. The molecule has 0 atom stereocenters. The number of rotatable bonds is 5. The highest BCUT2D eigenvalue weighted by Gasteiger charge is 2.18. The minimum Gasteiger partial charge on any atom is -0.456 e. The molecule has 0 aliphatic rings.